The van der Waals surface area contributed by atoms with Crippen molar-refractivity contribution in [1.29, 1.82) is 0 Å². The molecule has 0 atom stereocenters. The van der Waals surface area contributed by atoms with Gasteiger partial charge in [0.05, 0.1) is 55.8 Å². The molecule has 6 aromatic heterocycles. The second-order valence-electron chi connectivity index (χ2n) is 25.3. The quantitative estimate of drug-likeness (QED) is 0.137. The average molecular weight is 1160 g/mol. The molecular weight excluding hydrogens is 1100 g/mol. The second-order valence-corrected chi connectivity index (χ2v) is 25.3. The summed E-state index contributed by atoms with van der Waals surface area (Å²) in [6.45, 7) is 9.06. The van der Waals surface area contributed by atoms with E-state index in [9.17, 15) is 0 Å². The van der Waals surface area contributed by atoms with E-state index in [4.69, 9.17) is 8.83 Å². The van der Waals surface area contributed by atoms with Gasteiger partial charge in [-0.15, -0.1) is 0 Å². The van der Waals surface area contributed by atoms with E-state index in [1.54, 1.807) is 0 Å². The lowest BCUT2D eigenvalue weighted by Crippen LogP contribution is -2.11. The van der Waals surface area contributed by atoms with Crippen molar-refractivity contribution < 1.29 is 8.83 Å². The molecule has 6 heterocycles. The van der Waals surface area contributed by atoms with Crippen LogP contribution in [-0.4, -0.2) is 8.80 Å². The zero-order valence-electron chi connectivity index (χ0n) is 50.4. The molecule has 0 fully saturated rings. The summed E-state index contributed by atoms with van der Waals surface area (Å²) in [5.74, 6) is 0.778. The molecule has 90 heavy (non-hydrogen) atoms. The standard InChI is InChI=1S/C84H60N4O2/c1-49(2)51-41-45-55(46-42-51)85(69-37-17-27-59-57-25-11-13-39-71(57)89-83(59)69)65-33-19-35-67-75(65)61-29-15-31-63-77-74(54-23-9-6-10-24-54)82-78(73(53-21-7-5-8-22-53)81(77)87(67)79(61)63)64-32-16-30-62-76-66(34-20-36-68(76)88(82)80(62)64)86(56-47-43-52(44-48-56)50(3)4)70-38-18-28-60-58-26-12-14-40-72(58)90-84(60)70/h5-9,11-23,25-50H,10,24H2,1-4H3. The van der Waals surface area contributed by atoms with Crippen LogP contribution in [0.5, 0.6) is 0 Å². The lowest BCUT2D eigenvalue weighted by molar-refractivity contribution is 0.669. The van der Waals surface area contributed by atoms with E-state index in [-0.39, 0.29) is 0 Å². The van der Waals surface area contributed by atoms with Gasteiger partial charge in [0.25, 0.3) is 0 Å². The number of nitrogens with zero attached hydrogens (tertiary/aromatic N) is 4. The first-order valence-corrected chi connectivity index (χ1v) is 31.8. The Hall–Kier alpha value is -11.1. The molecular formula is C84H60N4O2. The van der Waals surface area contributed by atoms with E-state index in [1.807, 2.05) is 0 Å². The van der Waals surface area contributed by atoms with E-state index in [2.05, 4.69) is 301 Å². The third-order valence-corrected chi connectivity index (χ3v) is 19.8. The van der Waals surface area contributed by atoms with Crippen molar-refractivity contribution in [2.75, 3.05) is 9.80 Å². The van der Waals surface area contributed by atoms with Gasteiger partial charge in [-0.3, -0.25) is 0 Å². The minimum atomic E-state index is 0.389. The van der Waals surface area contributed by atoms with Gasteiger partial charge >= 0.3 is 0 Å². The molecule has 12 aromatic carbocycles. The van der Waals surface area contributed by atoms with Crippen LogP contribution in [0, 0.1) is 0 Å². The summed E-state index contributed by atoms with van der Waals surface area (Å²) in [5, 5.41) is 14.2. The number of furan rings is 2. The number of fused-ring (bicyclic) bond motifs is 18. The lowest BCUT2D eigenvalue weighted by atomic mass is 9.87. The maximum Gasteiger partial charge on any atom is 0.159 e. The third-order valence-electron chi connectivity index (χ3n) is 19.8. The number of hydrogen-bond donors (Lipinski definition) is 0. The molecule has 0 radical (unpaired) electrons. The number of aromatic nitrogens is 2. The van der Waals surface area contributed by atoms with Gasteiger partial charge in [0.15, 0.2) is 11.2 Å². The second kappa shape index (κ2) is 19.2. The molecule has 18 aromatic rings. The molecule has 0 N–H and O–H groups in total. The summed E-state index contributed by atoms with van der Waals surface area (Å²) in [6.07, 6.45) is 8.89. The Morgan fingerprint density at radius 2 is 0.767 bits per heavy atom. The van der Waals surface area contributed by atoms with Crippen LogP contribution in [0.15, 0.2) is 264 Å². The largest absolute Gasteiger partial charge is 0.454 e. The van der Waals surface area contributed by atoms with Crippen LogP contribution in [0.4, 0.5) is 34.1 Å². The predicted molar refractivity (Wildman–Crippen MR) is 380 cm³/mol. The van der Waals surface area contributed by atoms with Gasteiger partial charge in [0.2, 0.25) is 0 Å². The Bertz CT molecular complexity index is 6020. The van der Waals surface area contributed by atoms with Crippen LogP contribution < -0.4 is 9.80 Å². The van der Waals surface area contributed by atoms with Crippen LogP contribution >= 0.6 is 0 Å². The molecule has 19 rings (SSSR count). The zero-order valence-corrected chi connectivity index (χ0v) is 50.4. The zero-order chi connectivity index (χ0) is 59.6. The van der Waals surface area contributed by atoms with Gasteiger partial charge < -0.3 is 27.4 Å². The number of hydrogen-bond acceptors (Lipinski definition) is 4. The molecule has 0 aliphatic heterocycles. The van der Waals surface area contributed by atoms with Crippen LogP contribution in [0.25, 0.3) is 137 Å². The van der Waals surface area contributed by atoms with Gasteiger partial charge in [-0.2, -0.15) is 0 Å². The number of benzene rings is 12. The SMILES string of the molecule is CC(C)c1ccc(N(c2cccc3c2oc2ccccc23)c2cccc3c2c2cccc4c5c(-c6ccccc6)c6c(c(C7=CC=CCC7)c5n3c24)c2cccc3c4c(N(c5ccc(C(C)C)cc5)c5cccc7c5oc5ccccc57)cccc4n6c32)cc1. The summed E-state index contributed by atoms with van der Waals surface area (Å²) in [6, 6.07) is 87.7. The minimum Gasteiger partial charge on any atom is -0.454 e. The third kappa shape index (κ3) is 7.04. The Labute approximate surface area is 519 Å². The molecule has 6 nitrogen and oxygen atoms in total. The lowest BCUT2D eigenvalue weighted by Gasteiger charge is -2.27. The highest BCUT2D eigenvalue weighted by Gasteiger charge is 2.34. The number of para-hydroxylation sites is 6. The van der Waals surface area contributed by atoms with Gasteiger partial charge in [0.1, 0.15) is 11.2 Å². The predicted octanol–water partition coefficient (Wildman–Crippen LogP) is 24.4. The minimum absolute atomic E-state index is 0.389. The topological polar surface area (TPSA) is 41.6 Å². The molecule has 0 amide bonds. The summed E-state index contributed by atoms with van der Waals surface area (Å²) >= 11 is 0. The van der Waals surface area contributed by atoms with Crippen molar-refractivity contribution in [3.63, 3.8) is 0 Å². The molecule has 0 unspecified atom stereocenters. The van der Waals surface area contributed by atoms with Crippen molar-refractivity contribution in [2.24, 2.45) is 0 Å². The summed E-state index contributed by atoms with van der Waals surface area (Å²) in [7, 11) is 0. The van der Waals surface area contributed by atoms with Gasteiger partial charge in [-0.1, -0.05) is 210 Å². The van der Waals surface area contributed by atoms with Gasteiger partial charge in [0, 0.05) is 87.1 Å². The molecule has 0 saturated heterocycles. The molecule has 0 spiro atoms. The fraction of sp³-hybridized carbons (Fsp3) is 0.0952. The monoisotopic (exact) mass is 1160 g/mol. The molecule has 1 aliphatic carbocycles. The van der Waals surface area contributed by atoms with Crippen LogP contribution in [0.3, 0.4) is 0 Å². The van der Waals surface area contributed by atoms with Crippen LogP contribution in [0.1, 0.15) is 69.1 Å². The fourth-order valence-corrected chi connectivity index (χ4v) is 15.8. The normalized spacial score (nSPS) is 13.2. The van der Waals surface area contributed by atoms with Gasteiger partial charge in [-0.05, 0) is 120 Å². The van der Waals surface area contributed by atoms with Crippen molar-refractivity contribution >= 4 is 160 Å². The van der Waals surface area contributed by atoms with Crippen molar-refractivity contribution in [1.82, 2.24) is 8.80 Å². The summed E-state index contributed by atoms with van der Waals surface area (Å²) < 4.78 is 19.2. The van der Waals surface area contributed by atoms with E-state index >= 15 is 0 Å². The maximum atomic E-state index is 6.93. The Morgan fingerprint density at radius 3 is 1.26 bits per heavy atom. The van der Waals surface area contributed by atoms with Crippen LogP contribution in [0.2, 0.25) is 0 Å². The molecule has 428 valence electrons. The molecule has 6 heteroatoms. The first kappa shape index (κ1) is 51.0. The highest BCUT2D eigenvalue weighted by molar-refractivity contribution is 6.38. The van der Waals surface area contributed by atoms with Gasteiger partial charge in [-0.25, -0.2) is 0 Å². The van der Waals surface area contributed by atoms with E-state index in [1.165, 1.54) is 98.5 Å². The highest BCUT2D eigenvalue weighted by Crippen LogP contribution is 2.57. The fourth-order valence-electron chi connectivity index (χ4n) is 15.8. The first-order chi connectivity index (χ1) is 44.4. The first-order valence-electron chi connectivity index (χ1n) is 31.8. The molecule has 0 saturated carbocycles. The highest BCUT2D eigenvalue weighted by atomic mass is 16.3. The average Bonchev–Trinajstić information content (AvgIpc) is 1.50. The molecule has 1 aliphatic rings. The van der Waals surface area contributed by atoms with E-state index < -0.39 is 0 Å². The van der Waals surface area contributed by atoms with Crippen molar-refractivity contribution in [2.45, 2.75) is 52.4 Å². The number of anilines is 6. The smallest absolute Gasteiger partial charge is 0.159 e. The number of allylic oxidation sites excluding steroid dienone is 4. The van der Waals surface area contributed by atoms with E-state index in [0.29, 0.717) is 11.8 Å². The summed E-state index contributed by atoms with van der Waals surface area (Å²) in [5.41, 5.74) is 24.7. The van der Waals surface area contributed by atoms with Crippen molar-refractivity contribution in [3.05, 3.63) is 272 Å². The Kier molecular flexibility index (Phi) is 10.9. The van der Waals surface area contributed by atoms with E-state index in [0.717, 1.165) is 102 Å². The Balaban J connectivity index is 0.949. The Morgan fingerprint density at radius 1 is 0.356 bits per heavy atom. The number of rotatable bonds is 10. The van der Waals surface area contributed by atoms with Crippen molar-refractivity contribution in [3.8, 4) is 11.1 Å². The van der Waals surface area contributed by atoms with Crippen LogP contribution in [-0.2, 0) is 0 Å². The summed E-state index contributed by atoms with van der Waals surface area (Å²) in [4.78, 5) is 4.91. The molecule has 0 bridgehead atoms. The maximum absolute atomic E-state index is 6.93.